The maximum absolute atomic E-state index is 11.7. The van der Waals surface area contributed by atoms with Crippen LogP contribution in [0.3, 0.4) is 0 Å². The van der Waals surface area contributed by atoms with E-state index in [0.717, 1.165) is 19.3 Å². The third kappa shape index (κ3) is 4.94. The van der Waals surface area contributed by atoms with E-state index >= 15 is 0 Å². The van der Waals surface area contributed by atoms with Crippen LogP contribution in [0.1, 0.15) is 24.0 Å². The molecule has 1 heterocycles. The first-order chi connectivity index (χ1) is 11.9. The maximum Gasteiger partial charge on any atom is 0.344 e. The number of amides is 1. The van der Waals surface area contributed by atoms with Gasteiger partial charge in [-0.25, -0.2) is 13.2 Å². The molecule has 1 fully saturated rings. The molecule has 1 aromatic carbocycles. The Balaban J connectivity index is 1.37. The van der Waals surface area contributed by atoms with Crippen molar-refractivity contribution in [2.24, 2.45) is 0 Å². The average molecular weight is 367 g/mol. The Kier molecular flexibility index (Phi) is 5.27. The van der Waals surface area contributed by atoms with E-state index in [4.69, 9.17) is 9.47 Å². The molecule has 1 atom stereocenters. The molecule has 25 heavy (non-hydrogen) atoms. The van der Waals surface area contributed by atoms with Gasteiger partial charge in [-0.05, 0) is 48.9 Å². The lowest BCUT2D eigenvalue weighted by Crippen LogP contribution is -2.38. The van der Waals surface area contributed by atoms with Crippen molar-refractivity contribution < 1.29 is 27.5 Å². The van der Waals surface area contributed by atoms with Gasteiger partial charge in [0.05, 0.1) is 11.5 Å². The summed E-state index contributed by atoms with van der Waals surface area (Å²) in [6.07, 6.45) is 3.63. The lowest BCUT2D eigenvalue weighted by Gasteiger charge is -2.11. The number of hydrogen-bond donors (Lipinski definition) is 1. The van der Waals surface area contributed by atoms with Crippen molar-refractivity contribution in [1.29, 1.82) is 0 Å². The Hall–Kier alpha value is -2.09. The molecule has 1 aliphatic carbocycles. The van der Waals surface area contributed by atoms with Crippen LogP contribution in [0.5, 0.6) is 5.75 Å². The Labute approximate surface area is 146 Å². The summed E-state index contributed by atoms with van der Waals surface area (Å²) in [7, 11) is -3.06. The minimum Gasteiger partial charge on any atom is -0.482 e. The van der Waals surface area contributed by atoms with Crippen LogP contribution in [0.4, 0.5) is 0 Å². The number of esters is 1. The molecule has 1 saturated heterocycles. The highest BCUT2D eigenvalue weighted by molar-refractivity contribution is 7.91. The minimum atomic E-state index is -3.06. The van der Waals surface area contributed by atoms with E-state index in [1.165, 1.54) is 11.1 Å². The summed E-state index contributed by atoms with van der Waals surface area (Å²) in [5.41, 5.74) is 2.57. The van der Waals surface area contributed by atoms with Gasteiger partial charge < -0.3 is 14.8 Å². The topological polar surface area (TPSA) is 98.8 Å². The van der Waals surface area contributed by atoms with Gasteiger partial charge >= 0.3 is 5.97 Å². The Morgan fingerprint density at radius 1 is 1.16 bits per heavy atom. The molecule has 0 bridgehead atoms. The number of nitrogens with one attached hydrogen (secondary N) is 1. The molecule has 7 nitrogen and oxygen atoms in total. The van der Waals surface area contributed by atoms with Gasteiger partial charge in [-0.3, -0.25) is 4.79 Å². The number of benzene rings is 1. The van der Waals surface area contributed by atoms with Crippen molar-refractivity contribution in [3.8, 4) is 5.75 Å². The highest BCUT2D eigenvalue weighted by Gasteiger charge is 2.29. The third-order valence-electron chi connectivity index (χ3n) is 4.39. The van der Waals surface area contributed by atoms with Crippen LogP contribution in [0.2, 0.25) is 0 Å². The van der Waals surface area contributed by atoms with Gasteiger partial charge in [-0.2, -0.15) is 0 Å². The molecule has 1 amide bonds. The Morgan fingerprint density at radius 3 is 2.72 bits per heavy atom. The first-order valence-corrected chi connectivity index (χ1v) is 10.1. The lowest BCUT2D eigenvalue weighted by molar-refractivity contribution is -0.150. The van der Waals surface area contributed by atoms with Crippen LogP contribution in [0.15, 0.2) is 18.2 Å². The zero-order valence-electron chi connectivity index (χ0n) is 13.8. The summed E-state index contributed by atoms with van der Waals surface area (Å²) in [5, 5.41) is 2.56. The number of rotatable bonds is 6. The fraction of sp³-hybridized carbons (Fsp3) is 0.529. The van der Waals surface area contributed by atoms with Crippen LogP contribution in [-0.2, 0) is 37.0 Å². The highest BCUT2D eigenvalue weighted by Crippen LogP contribution is 2.25. The molecule has 1 aromatic rings. The second kappa shape index (κ2) is 7.43. The molecule has 8 heteroatoms. The van der Waals surface area contributed by atoms with Crippen LogP contribution in [0.25, 0.3) is 0 Å². The summed E-state index contributed by atoms with van der Waals surface area (Å²) in [6, 6.07) is 5.36. The molecule has 1 aliphatic heterocycles. The summed E-state index contributed by atoms with van der Waals surface area (Å²) in [5.74, 6) is -0.526. The van der Waals surface area contributed by atoms with Crippen LogP contribution < -0.4 is 10.1 Å². The van der Waals surface area contributed by atoms with Crippen molar-refractivity contribution in [2.75, 3.05) is 24.7 Å². The molecule has 0 radical (unpaired) electrons. The van der Waals surface area contributed by atoms with Gasteiger partial charge in [0.15, 0.2) is 23.1 Å². The van der Waals surface area contributed by atoms with E-state index in [-0.39, 0.29) is 18.1 Å². The number of hydrogen-bond acceptors (Lipinski definition) is 6. The zero-order valence-corrected chi connectivity index (χ0v) is 14.6. The smallest absolute Gasteiger partial charge is 0.344 e. The molecule has 0 aromatic heterocycles. The number of fused-ring (bicyclic) bond motifs is 1. The lowest BCUT2D eigenvalue weighted by atomic mass is 10.1. The number of aryl methyl sites for hydroxylation is 2. The minimum absolute atomic E-state index is 0.0614. The number of carbonyl (C=O) groups is 2. The Bertz CT molecular complexity index is 773. The average Bonchev–Trinajstić information content (AvgIpc) is 3.16. The van der Waals surface area contributed by atoms with Crippen LogP contribution in [-0.4, -0.2) is 51.1 Å². The van der Waals surface area contributed by atoms with Crippen molar-refractivity contribution in [1.82, 2.24) is 5.32 Å². The summed E-state index contributed by atoms with van der Waals surface area (Å²) in [4.78, 5) is 23.4. The van der Waals surface area contributed by atoms with Gasteiger partial charge in [-0.1, -0.05) is 6.07 Å². The molecule has 3 rings (SSSR count). The first-order valence-electron chi connectivity index (χ1n) is 8.31. The van der Waals surface area contributed by atoms with Gasteiger partial charge in [0, 0.05) is 6.04 Å². The van der Waals surface area contributed by atoms with Crippen LogP contribution in [0, 0.1) is 0 Å². The molecular formula is C17H21NO6S. The SMILES string of the molecule is O=C(COC(=O)COc1ccc2c(c1)CCC2)N[C@@H]1CCS(=O)(=O)C1. The molecule has 2 aliphatic rings. The van der Waals surface area contributed by atoms with Crippen molar-refractivity contribution in [3.05, 3.63) is 29.3 Å². The predicted octanol–water partition coefficient (Wildman–Crippen LogP) is 0.401. The summed E-state index contributed by atoms with van der Waals surface area (Å²) in [6.45, 7) is -0.715. The van der Waals surface area contributed by atoms with E-state index in [0.29, 0.717) is 12.2 Å². The fourth-order valence-electron chi connectivity index (χ4n) is 3.15. The van der Waals surface area contributed by atoms with E-state index in [1.807, 2.05) is 18.2 Å². The molecule has 1 N–H and O–H groups in total. The number of carbonyl (C=O) groups excluding carboxylic acids is 2. The highest BCUT2D eigenvalue weighted by atomic mass is 32.2. The van der Waals surface area contributed by atoms with Crippen molar-refractivity contribution in [3.63, 3.8) is 0 Å². The molecule has 0 saturated carbocycles. The largest absolute Gasteiger partial charge is 0.482 e. The summed E-state index contributed by atoms with van der Waals surface area (Å²) < 4.78 is 32.9. The van der Waals surface area contributed by atoms with E-state index in [1.54, 1.807) is 0 Å². The second-order valence-electron chi connectivity index (χ2n) is 6.40. The first kappa shape index (κ1) is 17.7. The third-order valence-corrected chi connectivity index (χ3v) is 6.16. The van der Waals surface area contributed by atoms with E-state index in [2.05, 4.69) is 5.32 Å². The zero-order chi connectivity index (χ0) is 17.9. The maximum atomic E-state index is 11.7. The summed E-state index contributed by atoms with van der Waals surface area (Å²) >= 11 is 0. The molecule has 136 valence electrons. The van der Waals surface area contributed by atoms with Crippen molar-refractivity contribution >= 4 is 21.7 Å². The fourth-order valence-corrected chi connectivity index (χ4v) is 4.82. The second-order valence-corrected chi connectivity index (χ2v) is 8.63. The van der Waals surface area contributed by atoms with E-state index < -0.39 is 34.4 Å². The van der Waals surface area contributed by atoms with Gasteiger partial charge in [-0.15, -0.1) is 0 Å². The standard InChI is InChI=1S/C17H21NO6S/c19-16(18-14-6-7-25(21,22)11-14)9-24-17(20)10-23-15-5-4-12-2-1-3-13(12)8-15/h4-5,8,14H,1-3,6-7,9-11H2,(H,18,19)/t14-/m1/s1. The van der Waals surface area contributed by atoms with Gasteiger partial charge in [0.1, 0.15) is 5.75 Å². The molecular weight excluding hydrogens is 346 g/mol. The van der Waals surface area contributed by atoms with Gasteiger partial charge in [0.2, 0.25) is 0 Å². The molecule has 0 spiro atoms. The van der Waals surface area contributed by atoms with E-state index in [9.17, 15) is 18.0 Å². The predicted molar refractivity (Wildman–Crippen MR) is 90.1 cm³/mol. The quantitative estimate of drug-likeness (QED) is 0.731. The molecule has 0 unspecified atom stereocenters. The van der Waals surface area contributed by atoms with Crippen LogP contribution >= 0.6 is 0 Å². The van der Waals surface area contributed by atoms with Gasteiger partial charge in [0.25, 0.3) is 5.91 Å². The van der Waals surface area contributed by atoms with Crippen molar-refractivity contribution in [2.45, 2.75) is 31.7 Å². The number of sulfone groups is 1. The number of ether oxygens (including phenoxy) is 2. The normalized spacial score (nSPS) is 20.7. The Morgan fingerprint density at radius 2 is 1.96 bits per heavy atom. The monoisotopic (exact) mass is 367 g/mol.